The zero-order chi connectivity index (χ0) is 18.0. The molecule has 1 aromatic heterocycles. The Morgan fingerprint density at radius 2 is 2.00 bits per heavy atom. The largest absolute Gasteiger partial charge is 0.462 e. The summed E-state index contributed by atoms with van der Waals surface area (Å²) >= 11 is 6.34. The Morgan fingerprint density at radius 1 is 1.24 bits per heavy atom. The van der Waals surface area contributed by atoms with Crippen molar-refractivity contribution in [2.45, 2.75) is 33.2 Å². The number of carbonyl (C=O) groups excluding carboxylic acids is 1. The number of fused-ring (bicyclic) bond motifs is 1. The van der Waals surface area contributed by atoms with Crippen LogP contribution >= 0.6 is 11.6 Å². The van der Waals surface area contributed by atoms with E-state index in [1.54, 1.807) is 13.0 Å². The van der Waals surface area contributed by atoms with Crippen molar-refractivity contribution in [3.8, 4) is 0 Å². The quantitative estimate of drug-likeness (QED) is 0.601. The molecule has 3 aromatic rings. The first-order chi connectivity index (χ1) is 12.0. The molecule has 0 aliphatic heterocycles. The van der Waals surface area contributed by atoms with Crippen molar-refractivity contribution in [2.24, 2.45) is 0 Å². The fraction of sp³-hybridized carbons (Fsp3) is 0.300. The third kappa shape index (κ3) is 3.54. The molecule has 0 radical (unpaired) electrons. The van der Waals surface area contributed by atoms with E-state index in [-0.39, 0.29) is 11.9 Å². The predicted octanol–water partition coefficient (Wildman–Crippen LogP) is 5.04. The smallest absolute Gasteiger partial charge is 0.338 e. The van der Waals surface area contributed by atoms with Crippen molar-refractivity contribution >= 4 is 28.6 Å². The van der Waals surface area contributed by atoms with Gasteiger partial charge in [0, 0.05) is 10.9 Å². The van der Waals surface area contributed by atoms with Crippen molar-refractivity contribution < 1.29 is 9.53 Å². The highest BCUT2D eigenvalue weighted by Crippen LogP contribution is 2.26. The van der Waals surface area contributed by atoms with Gasteiger partial charge in [0.05, 0.1) is 29.7 Å². The summed E-state index contributed by atoms with van der Waals surface area (Å²) in [6.07, 6.45) is 0. The first kappa shape index (κ1) is 17.5. The summed E-state index contributed by atoms with van der Waals surface area (Å²) < 4.78 is 7.25. The van der Waals surface area contributed by atoms with E-state index in [0.717, 1.165) is 27.4 Å². The van der Waals surface area contributed by atoms with Gasteiger partial charge >= 0.3 is 5.97 Å². The Labute approximate surface area is 152 Å². The van der Waals surface area contributed by atoms with Crippen molar-refractivity contribution in [3.05, 3.63) is 64.4 Å². The molecule has 0 aliphatic carbocycles. The van der Waals surface area contributed by atoms with Crippen LogP contribution in [-0.2, 0) is 11.3 Å². The Morgan fingerprint density at radius 3 is 2.68 bits per heavy atom. The number of ether oxygens (including phenoxy) is 1. The van der Waals surface area contributed by atoms with E-state index in [9.17, 15) is 4.79 Å². The van der Waals surface area contributed by atoms with Gasteiger partial charge in [-0.2, -0.15) is 0 Å². The summed E-state index contributed by atoms with van der Waals surface area (Å²) in [7, 11) is 0. The lowest BCUT2D eigenvalue weighted by Gasteiger charge is -2.13. The fourth-order valence-electron chi connectivity index (χ4n) is 2.89. The Balaban J connectivity index is 2.13. The minimum atomic E-state index is -0.319. The number of halogens is 1. The van der Waals surface area contributed by atoms with E-state index in [0.29, 0.717) is 18.7 Å². The minimum absolute atomic E-state index is 0.251. The molecule has 0 saturated heterocycles. The van der Waals surface area contributed by atoms with Gasteiger partial charge in [-0.25, -0.2) is 9.78 Å². The highest BCUT2D eigenvalue weighted by molar-refractivity contribution is 6.31. The molecule has 0 atom stereocenters. The van der Waals surface area contributed by atoms with E-state index >= 15 is 0 Å². The predicted molar refractivity (Wildman–Crippen MR) is 100 cm³/mol. The molecule has 1 heterocycles. The van der Waals surface area contributed by atoms with Gasteiger partial charge in [-0.15, -0.1) is 0 Å². The highest BCUT2D eigenvalue weighted by atomic mass is 35.5. The molecule has 3 rings (SSSR count). The Bertz CT molecular complexity index is 915. The zero-order valence-corrected chi connectivity index (χ0v) is 15.4. The Hall–Kier alpha value is -2.33. The van der Waals surface area contributed by atoms with E-state index < -0.39 is 0 Å². The average Bonchev–Trinajstić information content (AvgIpc) is 2.95. The number of aromatic nitrogens is 2. The van der Waals surface area contributed by atoms with Crippen molar-refractivity contribution in [1.82, 2.24) is 9.55 Å². The molecule has 0 saturated carbocycles. The van der Waals surface area contributed by atoms with Crippen molar-refractivity contribution in [1.29, 1.82) is 0 Å². The molecule has 0 unspecified atom stereocenters. The molecule has 0 spiro atoms. The van der Waals surface area contributed by atoms with Crippen LogP contribution in [0.4, 0.5) is 0 Å². The monoisotopic (exact) mass is 356 g/mol. The van der Waals surface area contributed by atoms with Gasteiger partial charge in [-0.05, 0) is 36.8 Å². The number of nitrogens with zero attached hydrogens (tertiary/aromatic N) is 2. The fourth-order valence-corrected chi connectivity index (χ4v) is 3.08. The van der Waals surface area contributed by atoms with Crippen LogP contribution in [0.25, 0.3) is 11.0 Å². The molecule has 4 nitrogen and oxygen atoms in total. The lowest BCUT2D eigenvalue weighted by atomic mass is 10.1. The number of hydrogen-bond acceptors (Lipinski definition) is 3. The van der Waals surface area contributed by atoms with Crippen LogP contribution in [0, 0.1) is 0 Å². The first-order valence-electron chi connectivity index (χ1n) is 8.42. The van der Waals surface area contributed by atoms with Crippen LogP contribution < -0.4 is 0 Å². The molecule has 0 aliphatic rings. The van der Waals surface area contributed by atoms with E-state index in [2.05, 4.69) is 18.4 Å². The molecule has 0 amide bonds. The number of esters is 1. The maximum atomic E-state index is 12.1. The number of carbonyl (C=O) groups is 1. The van der Waals surface area contributed by atoms with Gasteiger partial charge in [0.1, 0.15) is 5.82 Å². The molecule has 25 heavy (non-hydrogen) atoms. The molecule has 130 valence electrons. The SMILES string of the molecule is CCOC(=O)c1ccc2nc(C(C)C)n(Cc3ccccc3Cl)c2c1. The summed E-state index contributed by atoms with van der Waals surface area (Å²) in [5.74, 6) is 0.901. The summed E-state index contributed by atoms with van der Waals surface area (Å²) in [5.41, 5.74) is 3.33. The van der Waals surface area contributed by atoms with Gasteiger partial charge in [-0.1, -0.05) is 43.6 Å². The first-order valence-corrected chi connectivity index (χ1v) is 8.79. The van der Waals surface area contributed by atoms with Crippen LogP contribution in [0.5, 0.6) is 0 Å². The second-order valence-corrected chi connectivity index (χ2v) is 6.63. The molecule has 0 N–H and O–H groups in total. The lowest BCUT2D eigenvalue weighted by molar-refractivity contribution is 0.0526. The number of benzene rings is 2. The standard InChI is InChI=1S/C20H21ClN2O2/c1-4-25-20(24)14-9-10-17-18(11-14)23(19(22-17)13(2)3)12-15-7-5-6-8-16(15)21/h5-11,13H,4,12H2,1-3H3. The van der Waals surface area contributed by atoms with Crippen LogP contribution in [0.1, 0.15) is 48.4 Å². The molecular weight excluding hydrogens is 336 g/mol. The second-order valence-electron chi connectivity index (χ2n) is 6.23. The molecule has 2 aromatic carbocycles. The van der Waals surface area contributed by atoms with E-state index in [4.69, 9.17) is 21.3 Å². The van der Waals surface area contributed by atoms with Gasteiger partial charge < -0.3 is 9.30 Å². The summed E-state index contributed by atoms with van der Waals surface area (Å²) in [4.78, 5) is 16.8. The summed E-state index contributed by atoms with van der Waals surface area (Å²) in [6.45, 7) is 6.98. The molecule has 0 bridgehead atoms. The van der Waals surface area contributed by atoms with Gasteiger partial charge in [0.25, 0.3) is 0 Å². The maximum absolute atomic E-state index is 12.1. The molecule has 5 heteroatoms. The molecular formula is C20H21ClN2O2. The third-order valence-electron chi connectivity index (χ3n) is 4.09. The summed E-state index contributed by atoms with van der Waals surface area (Å²) in [5, 5.41) is 0.723. The van der Waals surface area contributed by atoms with Gasteiger partial charge in [-0.3, -0.25) is 0 Å². The lowest BCUT2D eigenvalue weighted by Crippen LogP contribution is -2.08. The molecule has 0 fully saturated rings. The van der Waals surface area contributed by atoms with Crippen LogP contribution in [0.15, 0.2) is 42.5 Å². The van der Waals surface area contributed by atoms with Crippen LogP contribution in [0.3, 0.4) is 0 Å². The maximum Gasteiger partial charge on any atom is 0.338 e. The van der Waals surface area contributed by atoms with E-state index in [1.807, 2.05) is 36.4 Å². The average molecular weight is 357 g/mol. The van der Waals surface area contributed by atoms with Gasteiger partial charge in [0.15, 0.2) is 0 Å². The number of rotatable bonds is 5. The third-order valence-corrected chi connectivity index (χ3v) is 4.46. The van der Waals surface area contributed by atoms with E-state index in [1.165, 1.54) is 0 Å². The number of imidazole rings is 1. The Kier molecular flexibility index (Phi) is 5.09. The summed E-state index contributed by atoms with van der Waals surface area (Å²) in [6, 6.07) is 13.3. The topological polar surface area (TPSA) is 44.1 Å². The number of hydrogen-bond donors (Lipinski definition) is 0. The van der Waals surface area contributed by atoms with Crippen molar-refractivity contribution in [3.63, 3.8) is 0 Å². The second kappa shape index (κ2) is 7.28. The highest BCUT2D eigenvalue weighted by Gasteiger charge is 2.17. The van der Waals surface area contributed by atoms with Crippen LogP contribution in [-0.4, -0.2) is 22.1 Å². The van der Waals surface area contributed by atoms with Gasteiger partial charge in [0.2, 0.25) is 0 Å². The van der Waals surface area contributed by atoms with Crippen molar-refractivity contribution in [2.75, 3.05) is 6.61 Å². The minimum Gasteiger partial charge on any atom is -0.462 e. The normalized spacial score (nSPS) is 11.2. The zero-order valence-electron chi connectivity index (χ0n) is 14.6. The van der Waals surface area contributed by atoms with Crippen LogP contribution in [0.2, 0.25) is 5.02 Å².